The number of carbonyl (C=O) groups excluding carboxylic acids is 1. The Balaban J connectivity index is 2.33. The summed E-state index contributed by atoms with van der Waals surface area (Å²) in [5.41, 5.74) is 2.38. The van der Waals surface area contributed by atoms with Crippen LogP contribution in [0, 0.1) is 13.8 Å². The van der Waals surface area contributed by atoms with Crippen molar-refractivity contribution in [1.82, 2.24) is 0 Å². The first-order valence-corrected chi connectivity index (χ1v) is 6.71. The number of benzene rings is 2. The molecule has 2 aromatic rings. The fraction of sp³-hybridized carbons (Fsp3) is 0.133. The molecule has 0 spiro atoms. The fourth-order valence-corrected chi connectivity index (χ4v) is 2.19. The van der Waals surface area contributed by atoms with E-state index in [0.29, 0.717) is 21.8 Å². The van der Waals surface area contributed by atoms with Crippen LogP contribution >= 0.6 is 23.2 Å². The van der Waals surface area contributed by atoms with Gasteiger partial charge in [-0.15, -0.1) is 0 Å². The molecule has 0 saturated carbocycles. The molecule has 0 bridgehead atoms. The van der Waals surface area contributed by atoms with Crippen LogP contribution in [0.15, 0.2) is 30.3 Å². The van der Waals surface area contributed by atoms with E-state index in [2.05, 4.69) is 5.32 Å². The molecule has 0 aliphatic heterocycles. The number of aromatic hydroxyl groups is 1. The van der Waals surface area contributed by atoms with Crippen LogP contribution in [0.25, 0.3) is 0 Å². The zero-order chi connectivity index (χ0) is 14.9. The van der Waals surface area contributed by atoms with Gasteiger partial charge in [-0.25, -0.2) is 0 Å². The molecular weight excluding hydrogens is 297 g/mol. The van der Waals surface area contributed by atoms with Crippen molar-refractivity contribution in [1.29, 1.82) is 0 Å². The van der Waals surface area contributed by atoms with Crippen LogP contribution in [0.3, 0.4) is 0 Å². The minimum Gasteiger partial charge on any atom is -0.508 e. The second-order valence-electron chi connectivity index (χ2n) is 4.51. The smallest absolute Gasteiger partial charge is 0.257 e. The maximum atomic E-state index is 12.2. The number of phenols is 1. The Bertz CT molecular complexity index is 684. The number of anilines is 1. The lowest BCUT2D eigenvalue weighted by atomic mass is 10.1. The van der Waals surface area contributed by atoms with Crippen LogP contribution in [0.4, 0.5) is 5.69 Å². The minimum atomic E-state index is -0.342. The zero-order valence-corrected chi connectivity index (χ0v) is 12.5. The maximum Gasteiger partial charge on any atom is 0.257 e. The van der Waals surface area contributed by atoms with Crippen LogP contribution in [0.5, 0.6) is 5.75 Å². The van der Waals surface area contributed by atoms with E-state index in [9.17, 15) is 9.90 Å². The van der Waals surface area contributed by atoms with Gasteiger partial charge in [0.15, 0.2) is 0 Å². The molecule has 0 radical (unpaired) electrons. The van der Waals surface area contributed by atoms with Crippen LogP contribution < -0.4 is 5.32 Å². The van der Waals surface area contributed by atoms with Crippen molar-refractivity contribution in [2.24, 2.45) is 0 Å². The molecule has 2 N–H and O–H groups in total. The highest BCUT2D eigenvalue weighted by molar-refractivity contribution is 6.44. The Labute approximate surface area is 127 Å². The number of carbonyl (C=O) groups is 1. The Morgan fingerprint density at radius 2 is 1.85 bits per heavy atom. The molecule has 2 aromatic carbocycles. The minimum absolute atomic E-state index is 0.196. The van der Waals surface area contributed by atoms with Gasteiger partial charge in [0.2, 0.25) is 0 Å². The van der Waals surface area contributed by atoms with Gasteiger partial charge in [0.25, 0.3) is 5.91 Å². The number of aryl methyl sites for hydroxylation is 2. The quantitative estimate of drug-likeness (QED) is 0.798. The summed E-state index contributed by atoms with van der Waals surface area (Å²) in [6.07, 6.45) is 0. The maximum absolute atomic E-state index is 12.2. The predicted molar refractivity (Wildman–Crippen MR) is 82.0 cm³/mol. The Morgan fingerprint density at radius 3 is 2.55 bits per heavy atom. The lowest BCUT2D eigenvalue weighted by Crippen LogP contribution is -2.13. The van der Waals surface area contributed by atoms with Gasteiger partial charge in [0.05, 0.1) is 15.6 Å². The van der Waals surface area contributed by atoms with Gasteiger partial charge in [0.1, 0.15) is 5.75 Å². The number of amides is 1. The molecule has 0 atom stereocenters. The fourth-order valence-electron chi connectivity index (χ4n) is 1.80. The monoisotopic (exact) mass is 309 g/mol. The standard InChI is InChI=1S/C15H13Cl2NO2/c1-8-7-13(19)9(2)6-12(8)18-15(20)10-4-3-5-11(16)14(10)17/h3-7,19H,1-2H3,(H,18,20). The lowest BCUT2D eigenvalue weighted by Gasteiger charge is -2.11. The van der Waals surface area contributed by atoms with Crippen LogP contribution in [0.2, 0.25) is 10.0 Å². The van der Waals surface area contributed by atoms with E-state index in [1.165, 1.54) is 0 Å². The summed E-state index contributed by atoms with van der Waals surface area (Å²) < 4.78 is 0. The third-order valence-corrected chi connectivity index (χ3v) is 3.81. The summed E-state index contributed by atoms with van der Waals surface area (Å²) in [6, 6.07) is 8.20. The number of hydrogen-bond acceptors (Lipinski definition) is 2. The largest absolute Gasteiger partial charge is 0.508 e. The van der Waals surface area contributed by atoms with Gasteiger partial charge in [0, 0.05) is 5.69 Å². The van der Waals surface area contributed by atoms with Crippen LogP contribution in [-0.2, 0) is 0 Å². The molecule has 0 heterocycles. The molecule has 0 aromatic heterocycles. The molecular formula is C15H13Cl2NO2. The van der Waals surface area contributed by atoms with Crippen molar-refractivity contribution in [3.8, 4) is 5.75 Å². The van der Waals surface area contributed by atoms with Crippen molar-refractivity contribution in [3.63, 3.8) is 0 Å². The first kappa shape index (κ1) is 14.7. The van der Waals surface area contributed by atoms with Crippen molar-refractivity contribution in [3.05, 3.63) is 57.1 Å². The van der Waals surface area contributed by atoms with Crippen molar-refractivity contribution in [2.75, 3.05) is 5.32 Å². The topological polar surface area (TPSA) is 49.3 Å². The second-order valence-corrected chi connectivity index (χ2v) is 5.29. The SMILES string of the molecule is Cc1cc(NC(=O)c2cccc(Cl)c2Cl)c(C)cc1O. The summed E-state index contributed by atoms with van der Waals surface area (Å²) >= 11 is 11.9. The summed E-state index contributed by atoms with van der Waals surface area (Å²) in [7, 11) is 0. The molecule has 0 aliphatic rings. The first-order valence-electron chi connectivity index (χ1n) is 5.95. The van der Waals surface area contributed by atoms with E-state index < -0.39 is 0 Å². The third kappa shape index (κ3) is 2.89. The molecule has 3 nitrogen and oxygen atoms in total. The van der Waals surface area contributed by atoms with Crippen molar-refractivity contribution >= 4 is 34.8 Å². The summed E-state index contributed by atoms with van der Waals surface area (Å²) in [4.78, 5) is 12.2. The first-order chi connectivity index (χ1) is 9.40. The molecule has 104 valence electrons. The second kappa shape index (κ2) is 5.73. The highest BCUT2D eigenvalue weighted by Crippen LogP contribution is 2.28. The van der Waals surface area contributed by atoms with Gasteiger partial charge in [-0.3, -0.25) is 4.79 Å². The summed E-state index contributed by atoms with van der Waals surface area (Å²) in [5.74, 6) is -0.146. The van der Waals surface area contributed by atoms with Crippen LogP contribution in [0.1, 0.15) is 21.5 Å². The van der Waals surface area contributed by atoms with Crippen molar-refractivity contribution < 1.29 is 9.90 Å². The molecule has 0 fully saturated rings. The number of rotatable bonds is 2. The molecule has 5 heteroatoms. The predicted octanol–water partition coefficient (Wildman–Crippen LogP) is 4.57. The molecule has 20 heavy (non-hydrogen) atoms. The third-order valence-electron chi connectivity index (χ3n) is 2.99. The average Bonchev–Trinajstić information content (AvgIpc) is 2.39. The molecule has 0 unspecified atom stereocenters. The molecule has 0 aliphatic carbocycles. The molecule has 0 saturated heterocycles. The van der Waals surface area contributed by atoms with E-state index in [-0.39, 0.29) is 16.7 Å². The van der Waals surface area contributed by atoms with Gasteiger partial charge in [-0.1, -0.05) is 29.3 Å². The van der Waals surface area contributed by atoms with E-state index in [4.69, 9.17) is 23.2 Å². The van der Waals surface area contributed by atoms with E-state index in [1.54, 1.807) is 44.2 Å². The van der Waals surface area contributed by atoms with Crippen molar-refractivity contribution in [2.45, 2.75) is 13.8 Å². The Kier molecular flexibility index (Phi) is 4.21. The number of hydrogen-bond donors (Lipinski definition) is 2. The van der Waals surface area contributed by atoms with Gasteiger partial charge < -0.3 is 10.4 Å². The number of phenolic OH excluding ortho intramolecular Hbond substituents is 1. The van der Waals surface area contributed by atoms with E-state index in [0.717, 1.165) is 5.56 Å². The van der Waals surface area contributed by atoms with Gasteiger partial charge in [-0.2, -0.15) is 0 Å². The van der Waals surface area contributed by atoms with E-state index in [1.807, 2.05) is 0 Å². The molecule has 2 rings (SSSR count). The number of halogens is 2. The average molecular weight is 310 g/mol. The lowest BCUT2D eigenvalue weighted by molar-refractivity contribution is 0.102. The van der Waals surface area contributed by atoms with E-state index >= 15 is 0 Å². The normalized spacial score (nSPS) is 10.4. The zero-order valence-electron chi connectivity index (χ0n) is 11.0. The summed E-state index contributed by atoms with van der Waals surface area (Å²) in [5, 5.41) is 12.9. The highest BCUT2D eigenvalue weighted by atomic mass is 35.5. The Morgan fingerprint density at radius 1 is 1.15 bits per heavy atom. The van der Waals surface area contributed by atoms with Crippen LogP contribution in [-0.4, -0.2) is 11.0 Å². The number of nitrogens with one attached hydrogen (secondary N) is 1. The summed E-state index contributed by atoms with van der Waals surface area (Å²) in [6.45, 7) is 3.56. The highest BCUT2D eigenvalue weighted by Gasteiger charge is 2.14. The van der Waals surface area contributed by atoms with Gasteiger partial charge >= 0.3 is 0 Å². The Hall–Kier alpha value is -1.71. The molecule has 1 amide bonds. The van der Waals surface area contributed by atoms with Gasteiger partial charge in [-0.05, 0) is 49.2 Å².